The van der Waals surface area contributed by atoms with Gasteiger partial charge in [-0.1, -0.05) is 17.7 Å². The fourth-order valence-electron chi connectivity index (χ4n) is 3.04. The summed E-state index contributed by atoms with van der Waals surface area (Å²) >= 11 is 6.05. The number of hydrogen-bond donors (Lipinski definition) is 2. The summed E-state index contributed by atoms with van der Waals surface area (Å²) in [7, 11) is 2.89. The largest absolute Gasteiger partial charge is 0.493 e. The standard InChI is InChI=1S/C16H16ClF3N4O3/c1-26-9-4-3-7(5-10(9)27-2)8-6-11(16(18,19)20)24-15(22-8)12(17)13(23-24)14(21)25/h3-5,8,11,22H,6H2,1-2H3,(H2,21,25)/t8-,11-/m1/s1. The number of methoxy groups -OCH3 is 2. The molecule has 0 aliphatic carbocycles. The fraction of sp³-hybridized carbons (Fsp3) is 0.375. The summed E-state index contributed by atoms with van der Waals surface area (Å²) in [4.78, 5) is 11.4. The van der Waals surface area contributed by atoms with Gasteiger partial charge in [-0.3, -0.25) is 4.79 Å². The van der Waals surface area contributed by atoms with Crippen molar-refractivity contribution in [2.24, 2.45) is 5.73 Å². The third-order valence-corrected chi connectivity index (χ3v) is 4.70. The smallest absolute Gasteiger partial charge is 0.410 e. The molecule has 7 nitrogen and oxygen atoms in total. The van der Waals surface area contributed by atoms with Gasteiger partial charge < -0.3 is 20.5 Å². The van der Waals surface area contributed by atoms with Gasteiger partial charge in [0.2, 0.25) is 0 Å². The van der Waals surface area contributed by atoms with Gasteiger partial charge in [0, 0.05) is 6.42 Å². The number of carbonyl (C=O) groups excluding carboxylic acids is 1. The van der Waals surface area contributed by atoms with Crippen LogP contribution in [0, 0.1) is 0 Å². The lowest BCUT2D eigenvalue weighted by atomic mass is 9.96. The number of ether oxygens (including phenoxy) is 2. The van der Waals surface area contributed by atoms with Gasteiger partial charge >= 0.3 is 6.18 Å². The van der Waals surface area contributed by atoms with E-state index in [9.17, 15) is 18.0 Å². The Morgan fingerprint density at radius 2 is 2.00 bits per heavy atom. The van der Waals surface area contributed by atoms with E-state index in [0.717, 1.165) is 0 Å². The van der Waals surface area contributed by atoms with E-state index in [1.807, 2.05) is 0 Å². The highest BCUT2D eigenvalue weighted by Gasteiger charge is 2.47. The Morgan fingerprint density at radius 3 is 2.56 bits per heavy atom. The van der Waals surface area contributed by atoms with E-state index in [1.165, 1.54) is 14.2 Å². The lowest BCUT2D eigenvalue weighted by molar-refractivity contribution is -0.173. The molecular weight excluding hydrogens is 389 g/mol. The van der Waals surface area contributed by atoms with Crippen LogP contribution in [-0.2, 0) is 0 Å². The number of amides is 1. The number of alkyl halides is 3. The minimum absolute atomic E-state index is 0.112. The molecular formula is C16H16ClF3N4O3. The van der Waals surface area contributed by atoms with Gasteiger partial charge in [0.1, 0.15) is 10.8 Å². The van der Waals surface area contributed by atoms with Crippen LogP contribution in [0.2, 0.25) is 5.02 Å². The summed E-state index contributed by atoms with van der Waals surface area (Å²) in [6.07, 6.45) is -4.96. The molecule has 0 spiro atoms. The number of nitrogens with zero attached hydrogens (tertiary/aromatic N) is 2. The summed E-state index contributed by atoms with van der Waals surface area (Å²) in [5.74, 6) is -0.294. The predicted octanol–water partition coefficient (Wildman–Crippen LogP) is 3.31. The van der Waals surface area contributed by atoms with Crippen molar-refractivity contribution in [3.63, 3.8) is 0 Å². The first-order valence-corrected chi connectivity index (χ1v) is 8.18. The minimum Gasteiger partial charge on any atom is -0.493 e. The van der Waals surface area contributed by atoms with Crippen molar-refractivity contribution in [1.82, 2.24) is 9.78 Å². The van der Waals surface area contributed by atoms with Gasteiger partial charge in [-0.15, -0.1) is 0 Å². The highest BCUT2D eigenvalue weighted by Crippen LogP contribution is 2.46. The predicted molar refractivity (Wildman–Crippen MR) is 91.4 cm³/mol. The summed E-state index contributed by atoms with van der Waals surface area (Å²) in [6, 6.07) is 2.08. The fourth-order valence-corrected chi connectivity index (χ4v) is 3.31. The molecule has 3 rings (SSSR count). The van der Waals surface area contributed by atoms with E-state index in [1.54, 1.807) is 18.2 Å². The monoisotopic (exact) mass is 404 g/mol. The van der Waals surface area contributed by atoms with Crippen molar-refractivity contribution < 1.29 is 27.4 Å². The number of nitrogens with two attached hydrogens (primary N) is 1. The molecule has 3 N–H and O–H groups in total. The first-order chi connectivity index (χ1) is 12.7. The third kappa shape index (κ3) is 3.36. The molecule has 1 aliphatic rings. The highest BCUT2D eigenvalue weighted by atomic mass is 35.5. The first-order valence-electron chi connectivity index (χ1n) is 7.80. The molecule has 0 radical (unpaired) electrons. The summed E-state index contributed by atoms with van der Waals surface area (Å²) in [6.45, 7) is 0. The molecule has 0 bridgehead atoms. The second-order valence-corrected chi connectivity index (χ2v) is 6.30. The molecule has 2 heterocycles. The van der Waals surface area contributed by atoms with E-state index >= 15 is 0 Å². The summed E-state index contributed by atoms with van der Waals surface area (Å²) in [5.41, 5.74) is 5.28. The zero-order chi connectivity index (χ0) is 19.9. The molecule has 146 valence electrons. The molecule has 1 amide bonds. The average Bonchev–Trinajstić information content (AvgIpc) is 2.96. The van der Waals surface area contributed by atoms with Crippen LogP contribution in [0.25, 0.3) is 0 Å². The van der Waals surface area contributed by atoms with E-state index in [0.29, 0.717) is 21.7 Å². The van der Waals surface area contributed by atoms with Crippen LogP contribution in [0.3, 0.4) is 0 Å². The van der Waals surface area contributed by atoms with Gasteiger partial charge in [-0.2, -0.15) is 18.3 Å². The molecule has 0 unspecified atom stereocenters. The molecule has 1 aromatic carbocycles. The third-order valence-electron chi connectivity index (χ3n) is 4.34. The lowest BCUT2D eigenvalue weighted by Crippen LogP contribution is -2.35. The number of primary amides is 1. The Hall–Kier alpha value is -2.62. The van der Waals surface area contributed by atoms with Crippen molar-refractivity contribution in [1.29, 1.82) is 0 Å². The van der Waals surface area contributed by atoms with Crippen molar-refractivity contribution in [2.75, 3.05) is 19.5 Å². The van der Waals surface area contributed by atoms with Crippen LogP contribution in [0.15, 0.2) is 18.2 Å². The van der Waals surface area contributed by atoms with Crippen LogP contribution in [0.4, 0.5) is 19.0 Å². The molecule has 2 atom stereocenters. The first kappa shape index (κ1) is 19.2. The Labute approximate surface area is 157 Å². The van der Waals surface area contributed by atoms with Gasteiger partial charge in [0.05, 0.1) is 20.3 Å². The Kier molecular flexibility index (Phi) is 4.85. The van der Waals surface area contributed by atoms with E-state index in [-0.39, 0.29) is 17.3 Å². The molecule has 11 heteroatoms. The van der Waals surface area contributed by atoms with Crippen molar-refractivity contribution in [3.8, 4) is 11.5 Å². The van der Waals surface area contributed by atoms with Crippen molar-refractivity contribution >= 4 is 23.3 Å². The van der Waals surface area contributed by atoms with Crippen LogP contribution in [-0.4, -0.2) is 36.1 Å². The Morgan fingerprint density at radius 1 is 1.33 bits per heavy atom. The number of aromatic nitrogens is 2. The number of benzene rings is 1. The van der Waals surface area contributed by atoms with E-state index in [2.05, 4.69) is 10.4 Å². The molecule has 27 heavy (non-hydrogen) atoms. The van der Waals surface area contributed by atoms with Gasteiger partial charge in [0.25, 0.3) is 5.91 Å². The quantitative estimate of drug-likeness (QED) is 0.815. The average molecular weight is 405 g/mol. The van der Waals surface area contributed by atoms with E-state index in [4.69, 9.17) is 26.8 Å². The molecule has 1 aromatic heterocycles. The van der Waals surface area contributed by atoms with Gasteiger partial charge in [0.15, 0.2) is 23.2 Å². The molecule has 1 aliphatic heterocycles. The zero-order valence-electron chi connectivity index (χ0n) is 14.3. The Bertz CT molecular complexity index is 885. The molecule has 0 saturated heterocycles. The SMILES string of the molecule is COc1ccc([C@H]2C[C@H](C(F)(F)F)n3nc(C(N)=O)c(Cl)c3N2)cc1OC. The van der Waals surface area contributed by atoms with Gasteiger partial charge in [-0.25, -0.2) is 4.68 Å². The van der Waals surface area contributed by atoms with Crippen molar-refractivity contribution in [3.05, 3.63) is 34.5 Å². The summed E-state index contributed by atoms with van der Waals surface area (Å²) < 4.78 is 51.9. The van der Waals surface area contributed by atoms with Crippen molar-refractivity contribution in [2.45, 2.75) is 24.7 Å². The minimum atomic E-state index is -4.60. The Balaban J connectivity index is 2.07. The number of anilines is 1. The number of nitrogens with one attached hydrogen (secondary N) is 1. The maximum Gasteiger partial charge on any atom is 0.410 e. The van der Waals surface area contributed by atoms with Crippen LogP contribution in [0.5, 0.6) is 11.5 Å². The lowest BCUT2D eigenvalue weighted by Gasteiger charge is -2.33. The number of fused-ring (bicyclic) bond motifs is 1. The van der Waals surface area contributed by atoms with Crippen LogP contribution < -0.4 is 20.5 Å². The maximum atomic E-state index is 13.6. The topological polar surface area (TPSA) is 91.4 Å². The molecule has 0 fully saturated rings. The number of carbonyl (C=O) groups is 1. The molecule has 0 saturated carbocycles. The molecule has 2 aromatic rings. The van der Waals surface area contributed by atoms with Crippen LogP contribution >= 0.6 is 11.6 Å². The number of hydrogen-bond acceptors (Lipinski definition) is 5. The number of halogens is 4. The second-order valence-electron chi connectivity index (χ2n) is 5.92. The highest BCUT2D eigenvalue weighted by molar-refractivity contribution is 6.36. The maximum absolute atomic E-state index is 13.6. The second kappa shape index (κ2) is 6.84. The summed E-state index contributed by atoms with van der Waals surface area (Å²) in [5, 5.41) is 6.33. The zero-order valence-corrected chi connectivity index (χ0v) is 15.1. The van der Waals surface area contributed by atoms with Gasteiger partial charge in [-0.05, 0) is 17.7 Å². The number of rotatable bonds is 4. The van der Waals surface area contributed by atoms with E-state index < -0.39 is 29.9 Å². The van der Waals surface area contributed by atoms with Crippen LogP contribution in [0.1, 0.15) is 34.6 Å². The normalized spacial score (nSPS) is 19.2.